The van der Waals surface area contributed by atoms with Crippen LogP contribution in [-0.2, 0) is 0 Å². The van der Waals surface area contributed by atoms with Gasteiger partial charge in [-0.2, -0.15) is 0 Å². The second-order valence-electron chi connectivity index (χ2n) is 1.32. The van der Waals surface area contributed by atoms with E-state index in [-0.39, 0.29) is 0 Å². The van der Waals surface area contributed by atoms with Gasteiger partial charge in [-0.05, 0) is 6.92 Å². The van der Waals surface area contributed by atoms with Gasteiger partial charge in [0.2, 0.25) is 0 Å². The predicted octanol–water partition coefficient (Wildman–Crippen LogP) is -1.81. The molecular formula is C4H15N3O. The minimum Gasteiger partial charge on any atom is -0.379 e. The standard InChI is InChI=1S/C2H8N2.C2H7NO/c3-1-2-4;1-2(3)4/h1-4H2;2,4H,3H2,1H3. The fourth-order valence-electron chi connectivity index (χ4n) is 0. The van der Waals surface area contributed by atoms with E-state index in [1.807, 2.05) is 0 Å². The van der Waals surface area contributed by atoms with Gasteiger partial charge in [-0.1, -0.05) is 0 Å². The highest BCUT2D eigenvalue weighted by Crippen LogP contribution is 1.50. The first-order valence-electron chi connectivity index (χ1n) is 2.49. The van der Waals surface area contributed by atoms with Crippen molar-refractivity contribution in [2.24, 2.45) is 17.2 Å². The van der Waals surface area contributed by atoms with Crippen molar-refractivity contribution in [2.45, 2.75) is 13.2 Å². The van der Waals surface area contributed by atoms with Crippen LogP contribution < -0.4 is 17.2 Å². The smallest absolute Gasteiger partial charge is 0.0991 e. The van der Waals surface area contributed by atoms with Crippen molar-refractivity contribution in [3.8, 4) is 0 Å². The Balaban J connectivity index is 0. The molecule has 0 spiro atoms. The normalized spacial score (nSPS) is 11.6. The maximum Gasteiger partial charge on any atom is 0.0991 e. The average Bonchev–Trinajstić information content (AvgIpc) is 1.65. The summed E-state index contributed by atoms with van der Waals surface area (Å²) < 4.78 is 0. The zero-order valence-electron chi connectivity index (χ0n) is 5.17. The molecule has 0 saturated heterocycles. The fraction of sp³-hybridized carbons (Fsp3) is 1.00. The van der Waals surface area contributed by atoms with Gasteiger partial charge in [0.15, 0.2) is 0 Å². The van der Waals surface area contributed by atoms with Crippen molar-refractivity contribution in [3.05, 3.63) is 0 Å². The summed E-state index contributed by atoms with van der Waals surface area (Å²) in [6.07, 6.45) is -0.667. The van der Waals surface area contributed by atoms with Gasteiger partial charge in [-0.3, -0.25) is 0 Å². The van der Waals surface area contributed by atoms with Crippen LogP contribution in [0.5, 0.6) is 0 Å². The van der Waals surface area contributed by atoms with Gasteiger partial charge < -0.3 is 22.3 Å². The molecule has 0 aromatic carbocycles. The maximum absolute atomic E-state index is 7.83. The second-order valence-corrected chi connectivity index (χ2v) is 1.32. The summed E-state index contributed by atoms with van der Waals surface area (Å²) in [7, 11) is 0. The Hall–Kier alpha value is -0.160. The van der Waals surface area contributed by atoms with E-state index >= 15 is 0 Å². The van der Waals surface area contributed by atoms with Crippen LogP contribution in [0, 0.1) is 0 Å². The molecule has 7 N–H and O–H groups in total. The number of aliphatic hydroxyl groups excluding tert-OH is 1. The first kappa shape index (κ1) is 10.8. The summed E-state index contributed by atoms with van der Waals surface area (Å²) in [5.74, 6) is 0. The average molecular weight is 121 g/mol. The van der Waals surface area contributed by atoms with Gasteiger partial charge >= 0.3 is 0 Å². The number of nitrogens with two attached hydrogens (primary N) is 3. The molecule has 0 saturated carbocycles. The monoisotopic (exact) mass is 121 g/mol. The topological polar surface area (TPSA) is 98.3 Å². The third kappa shape index (κ3) is 194. The van der Waals surface area contributed by atoms with Gasteiger partial charge in [0.1, 0.15) is 0 Å². The Bertz CT molecular complexity index is 27.7. The minimum atomic E-state index is -0.667. The van der Waals surface area contributed by atoms with Crippen LogP contribution in [0.4, 0.5) is 0 Å². The van der Waals surface area contributed by atoms with Crippen LogP contribution in [0.25, 0.3) is 0 Å². The molecule has 0 aliphatic carbocycles. The number of hydrogen-bond donors (Lipinski definition) is 4. The van der Waals surface area contributed by atoms with Crippen LogP contribution >= 0.6 is 0 Å². The first-order valence-corrected chi connectivity index (χ1v) is 2.49. The van der Waals surface area contributed by atoms with E-state index in [4.69, 9.17) is 16.6 Å². The second kappa shape index (κ2) is 9.96. The Labute approximate surface area is 49.7 Å². The zero-order chi connectivity index (χ0) is 6.99. The Kier molecular flexibility index (Phi) is 13.4. The van der Waals surface area contributed by atoms with Crippen LogP contribution in [-0.4, -0.2) is 24.4 Å². The fourth-order valence-corrected chi connectivity index (χ4v) is 0. The number of aliphatic hydroxyl groups is 1. The van der Waals surface area contributed by atoms with Crippen LogP contribution in [0.15, 0.2) is 0 Å². The molecule has 0 bridgehead atoms. The van der Waals surface area contributed by atoms with Crippen molar-refractivity contribution >= 4 is 0 Å². The summed E-state index contributed by atoms with van der Waals surface area (Å²) in [5.41, 5.74) is 14.5. The molecule has 52 valence electrons. The molecule has 4 heteroatoms. The van der Waals surface area contributed by atoms with Gasteiger partial charge in [0.05, 0.1) is 6.23 Å². The molecule has 1 atom stereocenters. The van der Waals surface area contributed by atoms with E-state index in [1.54, 1.807) is 0 Å². The molecular weight excluding hydrogens is 106 g/mol. The number of rotatable bonds is 1. The predicted molar refractivity (Wildman–Crippen MR) is 34.0 cm³/mol. The molecule has 0 heterocycles. The molecule has 4 nitrogen and oxygen atoms in total. The highest BCUT2D eigenvalue weighted by Gasteiger charge is 1.68. The van der Waals surface area contributed by atoms with Crippen LogP contribution in [0.2, 0.25) is 0 Å². The summed E-state index contributed by atoms with van der Waals surface area (Å²) >= 11 is 0. The molecule has 0 rings (SSSR count). The lowest BCUT2D eigenvalue weighted by Gasteiger charge is -1.82. The van der Waals surface area contributed by atoms with Crippen molar-refractivity contribution in [3.63, 3.8) is 0 Å². The molecule has 0 fully saturated rings. The molecule has 8 heavy (non-hydrogen) atoms. The van der Waals surface area contributed by atoms with Crippen molar-refractivity contribution in [2.75, 3.05) is 13.1 Å². The van der Waals surface area contributed by atoms with Crippen molar-refractivity contribution in [1.82, 2.24) is 0 Å². The minimum absolute atomic E-state index is 0.597. The van der Waals surface area contributed by atoms with Gasteiger partial charge in [0, 0.05) is 13.1 Å². The number of hydrogen-bond acceptors (Lipinski definition) is 4. The van der Waals surface area contributed by atoms with Crippen LogP contribution in [0.3, 0.4) is 0 Å². The summed E-state index contributed by atoms with van der Waals surface area (Å²) in [6, 6.07) is 0. The molecule has 0 aromatic rings. The molecule has 0 amide bonds. The molecule has 0 radical (unpaired) electrons. The lowest BCUT2D eigenvalue weighted by atomic mass is 10.7. The van der Waals surface area contributed by atoms with Gasteiger partial charge in [-0.25, -0.2) is 0 Å². The Morgan fingerprint density at radius 1 is 1.38 bits per heavy atom. The zero-order valence-corrected chi connectivity index (χ0v) is 5.17. The summed E-state index contributed by atoms with van der Waals surface area (Å²) in [5, 5.41) is 7.83. The third-order valence-corrected chi connectivity index (χ3v) is 0.167. The van der Waals surface area contributed by atoms with E-state index in [0.717, 1.165) is 0 Å². The van der Waals surface area contributed by atoms with E-state index in [2.05, 4.69) is 5.73 Å². The Morgan fingerprint density at radius 2 is 1.50 bits per heavy atom. The lowest BCUT2D eigenvalue weighted by Crippen LogP contribution is -2.11. The first-order chi connectivity index (χ1) is 3.65. The summed E-state index contributed by atoms with van der Waals surface area (Å²) in [4.78, 5) is 0. The molecule has 0 aliphatic rings. The maximum atomic E-state index is 7.83. The highest BCUT2D eigenvalue weighted by molar-refractivity contribution is 4.26. The van der Waals surface area contributed by atoms with E-state index < -0.39 is 6.23 Å². The van der Waals surface area contributed by atoms with E-state index in [1.165, 1.54) is 6.92 Å². The van der Waals surface area contributed by atoms with E-state index in [9.17, 15) is 0 Å². The highest BCUT2D eigenvalue weighted by atomic mass is 16.3. The van der Waals surface area contributed by atoms with Crippen LogP contribution in [0.1, 0.15) is 6.92 Å². The van der Waals surface area contributed by atoms with Gasteiger partial charge in [-0.15, -0.1) is 0 Å². The van der Waals surface area contributed by atoms with Crippen molar-refractivity contribution in [1.29, 1.82) is 0 Å². The Morgan fingerprint density at radius 3 is 1.50 bits per heavy atom. The SMILES string of the molecule is CC(N)O.NCCN. The van der Waals surface area contributed by atoms with Gasteiger partial charge in [0.25, 0.3) is 0 Å². The largest absolute Gasteiger partial charge is 0.379 e. The lowest BCUT2D eigenvalue weighted by molar-refractivity contribution is 0.203. The van der Waals surface area contributed by atoms with E-state index in [0.29, 0.717) is 13.1 Å². The summed E-state index contributed by atoms with van der Waals surface area (Å²) in [6.45, 7) is 2.69. The molecule has 1 unspecified atom stereocenters. The quantitative estimate of drug-likeness (QED) is 0.307. The molecule has 0 aliphatic heterocycles. The third-order valence-electron chi connectivity index (χ3n) is 0.167. The molecule has 0 aromatic heterocycles. The van der Waals surface area contributed by atoms with Crippen molar-refractivity contribution < 1.29 is 5.11 Å².